The highest BCUT2D eigenvalue weighted by molar-refractivity contribution is 5.67. The second kappa shape index (κ2) is 5.09. The summed E-state index contributed by atoms with van der Waals surface area (Å²) >= 11 is 0. The summed E-state index contributed by atoms with van der Waals surface area (Å²) in [6.45, 7) is 6.14. The lowest BCUT2D eigenvalue weighted by Crippen LogP contribution is -2.29. The van der Waals surface area contributed by atoms with Gasteiger partial charge in [0.25, 0.3) is 0 Å². The Balaban J connectivity index is 2.06. The van der Waals surface area contributed by atoms with Crippen molar-refractivity contribution in [1.82, 2.24) is 25.5 Å². The van der Waals surface area contributed by atoms with Crippen LogP contribution in [0.4, 0.5) is 0 Å². The van der Waals surface area contributed by atoms with E-state index >= 15 is 0 Å². The Morgan fingerprint density at radius 3 is 2.74 bits per heavy atom. The van der Waals surface area contributed by atoms with E-state index in [1.165, 1.54) is 12.8 Å². The van der Waals surface area contributed by atoms with Crippen LogP contribution < -0.4 is 5.32 Å². The molecule has 0 amide bonds. The first-order valence-electron chi connectivity index (χ1n) is 6.81. The molecule has 1 saturated heterocycles. The molecule has 0 aromatic carbocycles. The summed E-state index contributed by atoms with van der Waals surface area (Å²) in [7, 11) is 0. The van der Waals surface area contributed by atoms with E-state index in [1.807, 2.05) is 13.8 Å². The number of piperidine rings is 1. The standard InChI is InChI=1S/C14H19N5/c1-9-12(10(2)19-18-9)14-13(16-6-7-17-14)11-4-3-5-15-8-11/h6-7,11,15H,3-5,8H2,1-2H3,(H,18,19)/t11-/m1/s1. The number of nitrogens with zero attached hydrogens (tertiary/aromatic N) is 3. The molecule has 100 valence electrons. The smallest absolute Gasteiger partial charge is 0.0957 e. The maximum atomic E-state index is 4.60. The highest BCUT2D eigenvalue weighted by Crippen LogP contribution is 2.32. The van der Waals surface area contributed by atoms with Crippen LogP contribution in [0, 0.1) is 13.8 Å². The average molecular weight is 257 g/mol. The van der Waals surface area contributed by atoms with Gasteiger partial charge >= 0.3 is 0 Å². The molecule has 0 aliphatic carbocycles. The summed E-state index contributed by atoms with van der Waals surface area (Å²) in [6.07, 6.45) is 5.93. The van der Waals surface area contributed by atoms with Crippen molar-refractivity contribution in [2.24, 2.45) is 0 Å². The van der Waals surface area contributed by atoms with E-state index in [0.717, 1.165) is 41.4 Å². The van der Waals surface area contributed by atoms with Crippen LogP contribution in [-0.2, 0) is 0 Å². The number of aryl methyl sites for hydroxylation is 2. The van der Waals surface area contributed by atoms with E-state index in [-0.39, 0.29) is 0 Å². The first kappa shape index (κ1) is 12.3. The van der Waals surface area contributed by atoms with Gasteiger partial charge in [-0.25, -0.2) is 0 Å². The maximum Gasteiger partial charge on any atom is 0.0957 e. The average Bonchev–Trinajstić information content (AvgIpc) is 2.79. The van der Waals surface area contributed by atoms with Crippen molar-refractivity contribution < 1.29 is 0 Å². The normalized spacial score (nSPS) is 19.6. The Morgan fingerprint density at radius 1 is 1.21 bits per heavy atom. The number of hydrogen-bond acceptors (Lipinski definition) is 4. The number of hydrogen-bond donors (Lipinski definition) is 2. The minimum atomic E-state index is 0.450. The number of aromatic nitrogens is 4. The highest BCUT2D eigenvalue weighted by atomic mass is 15.1. The fraction of sp³-hybridized carbons (Fsp3) is 0.500. The molecule has 5 nitrogen and oxygen atoms in total. The van der Waals surface area contributed by atoms with E-state index in [2.05, 4.69) is 25.5 Å². The van der Waals surface area contributed by atoms with Gasteiger partial charge in [0.05, 0.1) is 17.1 Å². The molecular formula is C14H19N5. The van der Waals surface area contributed by atoms with Gasteiger partial charge in [-0.1, -0.05) is 0 Å². The van der Waals surface area contributed by atoms with E-state index in [9.17, 15) is 0 Å². The molecule has 0 spiro atoms. The largest absolute Gasteiger partial charge is 0.316 e. The van der Waals surface area contributed by atoms with Gasteiger partial charge in [-0.05, 0) is 33.2 Å². The van der Waals surface area contributed by atoms with Crippen molar-refractivity contribution in [2.45, 2.75) is 32.6 Å². The summed E-state index contributed by atoms with van der Waals surface area (Å²) in [6, 6.07) is 0. The zero-order valence-corrected chi connectivity index (χ0v) is 11.4. The lowest BCUT2D eigenvalue weighted by atomic mass is 9.92. The van der Waals surface area contributed by atoms with Gasteiger partial charge < -0.3 is 5.32 Å². The maximum absolute atomic E-state index is 4.60. The Labute approximate surface area is 112 Å². The Kier molecular flexibility index (Phi) is 3.29. The molecule has 5 heteroatoms. The van der Waals surface area contributed by atoms with E-state index < -0.39 is 0 Å². The predicted octanol–water partition coefficient (Wildman–Crippen LogP) is 1.95. The van der Waals surface area contributed by atoms with Crippen molar-refractivity contribution in [3.05, 3.63) is 29.5 Å². The van der Waals surface area contributed by atoms with Crippen molar-refractivity contribution in [1.29, 1.82) is 0 Å². The van der Waals surface area contributed by atoms with E-state index in [1.54, 1.807) is 12.4 Å². The van der Waals surface area contributed by atoms with Crippen molar-refractivity contribution in [2.75, 3.05) is 13.1 Å². The van der Waals surface area contributed by atoms with Crippen molar-refractivity contribution in [3.63, 3.8) is 0 Å². The van der Waals surface area contributed by atoms with Crippen LogP contribution in [0.1, 0.15) is 35.8 Å². The first-order chi connectivity index (χ1) is 9.27. The molecule has 0 bridgehead atoms. The van der Waals surface area contributed by atoms with Crippen LogP contribution in [0.25, 0.3) is 11.3 Å². The molecule has 1 atom stereocenters. The molecule has 19 heavy (non-hydrogen) atoms. The second-order valence-electron chi connectivity index (χ2n) is 5.14. The first-order valence-corrected chi connectivity index (χ1v) is 6.81. The molecular weight excluding hydrogens is 238 g/mol. The summed E-state index contributed by atoms with van der Waals surface area (Å²) < 4.78 is 0. The number of aromatic amines is 1. The highest BCUT2D eigenvalue weighted by Gasteiger charge is 2.23. The van der Waals surface area contributed by atoms with Crippen LogP contribution in [-0.4, -0.2) is 33.3 Å². The number of nitrogens with one attached hydrogen (secondary N) is 2. The van der Waals surface area contributed by atoms with Gasteiger partial charge in [0.15, 0.2) is 0 Å². The van der Waals surface area contributed by atoms with Gasteiger partial charge in [-0.3, -0.25) is 15.1 Å². The molecule has 2 aromatic rings. The summed E-state index contributed by atoms with van der Waals surface area (Å²) in [5.41, 5.74) is 5.24. The summed E-state index contributed by atoms with van der Waals surface area (Å²) in [5.74, 6) is 0.450. The van der Waals surface area contributed by atoms with E-state index in [0.29, 0.717) is 5.92 Å². The van der Waals surface area contributed by atoms with E-state index in [4.69, 9.17) is 0 Å². The van der Waals surface area contributed by atoms with Gasteiger partial charge in [-0.15, -0.1) is 0 Å². The van der Waals surface area contributed by atoms with Gasteiger partial charge in [0.2, 0.25) is 0 Å². The fourth-order valence-corrected chi connectivity index (χ4v) is 2.83. The Bertz CT molecular complexity index is 549. The lowest BCUT2D eigenvalue weighted by Gasteiger charge is -2.23. The molecule has 3 heterocycles. The summed E-state index contributed by atoms with van der Waals surface area (Å²) in [4.78, 5) is 9.16. The molecule has 1 aliphatic rings. The molecule has 2 N–H and O–H groups in total. The SMILES string of the molecule is Cc1n[nH]c(C)c1-c1nccnc1[C@@H]1CCCNC1. The predicted molar refractivity (Wildman–Crippen MR) is 73.9 cm³/mol. The second-order valence-corrected chi connectivity index (χ2v) is 5.14. The number of H-pyrrole nitrogens is 1. The van der Waals surface area contributed by atoms with Gasteiger partial charge in [-0.2, -0.15) is 5.10 Å². The quantitative estimate of drug-likeness (QED) is 0.863. The van der Waals surface area contributed by atoms with Crippen molar-refractivity contribution in [3.8, 4) is 11.3 Å². The third-order valence-electron chi connectivity index (χ3n) is 3.78. The zero-order valence-electron chi connectivity index (χ0n) is 11.4. The Morgan fingerprint density at radius 2 is 2.05 bits per heavy atom. The molecule has 0 saturated carbocycles. The van der Waals surface area contributed by atoms with Gasteiger partial charge in [0.1, 0.15) is 0 Å². The molecule has 3 rings (SSSR count). The third-order valence-corrected chi connectivity index (χ3v) is 3.78. The topological polar surface area (TPSA) is 66.5 Å². The van der Waals surface area contributed by atoms with Crippen molar-refractivity contribution >= 4 is 0 Å². The molecule has 0 radical (unpaired) electrons. The minimum Gasteiger partial charge on any atom is -0.316 e. The number of rotatable bonds is 2. The molecule has 0 unspecified atom stereocenters. The lowest BCUT2D eigenvalue weighted by molar-refractivity contribution is 0.454. The minimum absolute atomic E-state index is 0.450. The van der Waals surface area contributed by atoms with Gasteiger partial charge in [0, 0.05) is 36.1 Å². The van der Waals surface area contributed by atoms with Crippen LogP contribution in [0.2, 0.25) is 0 Å². The molecule has 2 aromatic heterocycles. The molecule has 1 fully saturated rings. The van der Waals surface area contributed by atoms with Crippen LogP contribution in [0.15, 0.2) is 12.4 Å². The van der Waals surface area contributed by atoms with Crippen LogP contribution in [0.5, 0.6) is 0 Å². The Hall–Kier alpha value is -1.75. The molecule has 1 aliphatic heterocycles. The fourth-order valence-electron chi connectivity index (χ4n) is 2.83. The monoisotopic (exact) mass is 257 g/mol. The summed E-state index contributed by atoms with van der Waals surface area (Å²) in [5, 5.41) is 10.7. The zero-order chi connectivity index (χ0) is 13.2. The third kappa shape index (κ3) is 2.26. The van der Waals surface area contributed by atoms with Crippen LogP contribution in [0.3, 0.4) is 0 Å². The van der Waals surface area contributed by atoms with Crippen LogP contribution >= 0.6 is 0 Å².